The Balaban J connectivity index is 1.38. The highest BCUT2D eigenvalue weighted by Gasteiger charge is 2.62. The van der Waals surface area contributed by atoms with Crippen LogP contribution in [0.4, 0.5) is 4.39 Å². The summed E-state index contributed by atoms with van der Waals surface area (Å²) in [6.45, 7) is 5.83. The van der Waals surface area contributed by atoms with Gasteiger partial charge in [0.2, 0.25) is 0 Å². The van der Waals surface area contributed by atoms with E-state index in [9.17, 15) is 28.7 Å². The molecule has 3 N–H and O–H groups in total. The second-order valence-electron chi connectivity index (χ2n) is 13.0. The molecule has 3 heterocycles. The molecule has 1 aromatic heterocycles. The van der Waals surface area contributed by atoms with Crippen LogP contribution >= 0.6 is 11.6 Å². The first kappa shape index (κ1) is 31.1. The van der Waals surface area contributed by atoms with Crippen molar-refractivity contribution in [1.82, 2.24) is 14.4 Å². The lowest BCUT2D eigenvalue weighted by Gasteiger charge is -2.40. The number of aromatic hydroxyl groups is 1. The maximum absolute atomic E-state index is 14.4. The number of carbonyl (C=O) groups is 3. The average Bonchev–Trinajstić information content (AvgIpc) is 3.65. The highest BCUT2D eigenvalue weighted by molar-refractivity contribution is 6.30. The molecule has 5 atom stereocenters. The van der Waals surface area contributed by atoms with Crippen molar-refractivity contribution >= 4 is 29.4 Å². The van der Waals surface area contributed by atoms with Gasteiger partial charge < -0.3 is 25.4 Å². The minimum absolute atomic E-state index is 0.0219. The summed E-state index contributed by atoms with van der Waals surface area (Å²) in [5.41, 5.74) is 4.75. The standard InChI is InChI=1S/C33H36ClFN4O6/c1-17(2)13-25(36)32(44)45-18(3)15-38-30(42)27-21-10-12-37(16-19-7-8-24(35)23(34)14-19)29(41)26(21)28(40)31(43)39(27)33(38)11-9-20-5-4-6-22(20)33/h7-8,14,17-18,20,22,25,40H,5,9-13,15-16,36H2,1-3H3. The minimum atomic E-state index is -1.20. The van der Waals surface area contributed by atoms with E-state index >= 15 is 0 Å². The van der Waals surface area contributed by atoms with Gasteiger partial charge in [0.1, 0.15) is 29.3 Å². The topological polar surface area (TPSA) is 135 Å². The monoisotopic (exact) mass is 638 g/mol. The van der Waals surface area contributed by atoms with Crippen LogP contribution in [0.15, 0.2) is 23.0 Å². The number of esters is 1. The third-order valence-corrected chi connectivity index (χ3v) is 9.80. The molecule has 6 rings (SSSR count). The smallest absolute Gasteiger partial charge is 0.323 e. The van der Waals surface area contributed by atoms with Gasteiger partial charge >= 0.3 is 5.97 Å². The molecule has 45 heavy (non-hydrogen) atoms. The molecule has 10 nitrogen and oxygen atoms in total. The van der Waals surface area contributed by atoms with Crippen LogP contribution in [-0.4, -0.2) is 62.5 Å². The Kier molecular flexibility index (Phi) is 7.94. The number of pyridine rings is 1. The van der Waals surface area contributed by atoms with E-state index in [2.05, 4.69) is 11.8 Å². The van der Waals surface area contributed by atoms with Crippen LogP contribution in [0.1, 0.15) is 78.4 Å². The number of halogens is 2. The van der Waals surface area contributed by atoms with Gasteiger partial charge in [-0.3, -0.25) is 23.7 Å². The zero-order chi connectivity index (χ0) is 32.4. The predicted molar refractivity (Wildman–Crippen MR) is 163 cm³/mol. The van der Waals surface area contributed by atoms with Gasteiger partial charge in [0.25, 0.3) is 17.4 Å². The molecule has 1 fully saturated rings. The number of carbonyl (C=O) groups excluding carboxylic acids is 3. The van der Waals surface area contributed by atoms with Gasteiger partial charge in [-0.15, -0.1) is 5.92 Å². The molecule has 12 heteroatoms. The number of aromatic nitrogens is 1. The quantitative estimate of drug-likeness (QED) is 0.334. The molecule has 4 aliphatic rings. The van der Waals surface area contributed by atoms with Crippen molar-refractivity contribution in [3.63, 3.8) is 0 Å². The number of nitrogens with zero attached hydrogens (tertiary/aromatic N) is 3. The average molecular weight is 639 g/mol. The fraction of sp³-hybridized carbons (Fsp3) is 0.515. The summed E-state index contributed by atoms with van der Waals surface area (Å²) in [5, 5.41) is 11.2. The van der Waals surface area contributed by atoms with Crippen molar-refractivity contribution < 1.29 is 28.6 Å². The van der Waals surface area contributed by atoms with Crippen LogP contribution in [-0.2, 0) is 28.2 Å². The van der Waals surface area contributed by atoms with Crippen LogP contribution in [0.3, 0.4) is 0 Å². The van der Waals surface area contributed by atoms with E-state index in [1.807, 2.05) is 13.8 Å². The highest BCUT2D eigenvalue weighted by Crippen LogP contribution is 2.54. The number of hydrogen-bond donors (Lipinski definition) is 2. The Morgan fingerprint density at radius 3 is 2.71 bits per heavy atom. The lowest BCUT2D eigenvalue weighted by Crippen LogP contribution is -2.55. The van der Waals surface area contributed by atoms with E-state index in [0.29, 0.717) is 36.8 Å². The predicted octanol–water partition coefficient (Wildman–Crippen LogP) is 3.39. The summed E-state index contributed by atoms with van der Waals surface area (Å²) in [5.74, 6) is 3.34. The molecule has 2 aliphatic carbocycles. The van der Waals surface area contributed by atoms with Crippen molar-refractivity contribution in [1.29, 1.82) is 0 Å². The number of hydrogen-bond acceptors (Lipinski definition) is 7. The minimum Gasteiger partial charge on any atom is -0.502 e. The molecule has 238 valence electrons. The third kappa shape index (κ3) is 4.99. The van der Waals surface area contributed by atoms with Crippen LogP contribution in [0, 0.1) is 35.4 Å². The maximum Gasteiger partial charge on any atom is 0.323 e. The number of rotatable bonds is 8. The summed E-state index contributed by atoms with van der Waals surface area (Å²) in [7, 11) is 0. The van der Waals surface area contributed by atoms with Crippen molar-refractivity contribution in [3.8, 4) is 17.6 Å². The number of benzene rings is 1. The number of ether oxygens (including phenoxy) is 1. The Morgan fingerprint density at radius 1 is 1.24 bits per heavy atom. The molecule has 5 unspecified atom stereocenters. The van der Waals surface area contributed by atoms with Gasteiger partial charge in [-0.05, 0) is 62.1 Å². The number of amides is 2. The zero-order valence-electron chi connectivity index (χ0n) is 25.4. The molecule has 0 saturated heterocycles. The Morgan fingerprint density at radius 2 is 2.00 bits per heavy atom. The highest BCUT2D eigenvalue weighted by atomic mass is 35.5. The lowest BCUT2D eigenvalue weighted by atomic mass is 9.90. The molecule has 2 amide bonds. The Labute approximate surface area is 265 Å². The molecule has 1 saturated carbocycles. The van der Waals surface area contributed by atoms with E-state index in [0.717, 1.165) is 0 Å². The molecule has 0 radical (unpaired) electrons. The first-order valence-electron chi connectivity index (χ1n) is 15.4. The molecule has 1 aromatic carbocycles. The Hall–Kier alpha value is -3.88. The Bertz CT molecular complexity index is 1730. The van der Waals surface area contributed by atoms with Gasteiger partial charge in [0.15, 0.2) is 5.75 Å². The zero-order valence-corrected chi connectivity index (χ0v) is 26.2. The second kappa shape index (κ2) is 11.5. The van der Waals surface area contributed by atoms with Crippen molar-refractivity contribution in [2.45, 2.75) is 77.2 Å². The first-order chi connectivity index (χ1) is 21.3. The van der Waals surface area contributed by atoms with Gasteiger partial charge in [-0.2, -0.15) is 0 Å². The fourth-order valence-corrected chi connectivity index (χ4v) is 7.75. The fourth-order valence-electron chi connectivity index (χ4n) is 7.55. The summed E-state index contributed by atoms with van der Waals surface area (Å²) < 4.78 is 20.8. The third-order valence-electron chi connectivity index (χ3n) is 9.51. The summed E-state index contributed by atoms with van der Waals surface area (Å²) in [6, 6.07) is 3.33. The summed E-state index contributed by atoms with van der Waals surface area (Å²) in [6.07, 6.45) is 1.64. The number of nitrogens with two attached hydrogens (primary N) is 1. The summed E-state index contributed by atoms with van der Waals surface area (Å²) >= 11 is 5.94. The normalized spacial score (nSPS) is 24.4. The van der Waals surface area contributed by atoms with E-state index in [1.165, 1.54) is 27.7 Å². The van der Waals surface area contributed by atoms with Crippen LogP contribution < -0.4 is 11.3 Å². The van der Waals surface area contributed by atoms with Gasteiger partial charge in [-0.25, -0.2) is 4.39 Å². The molecule has 1 spiro atoms. The largest absolute Gasteiger partial charge is 0.502 e. The maximum atomic E-state index is 14.4. The summed E-state index contributed by atoms with van der Waals surface area (Å²) in [4.78, 5) is 58.0. The first-order valence-corrected chi connectivity index (χ1v) is 15.7. The molecular weight excluding hydrogens is 603 g/mol. The van der Waals surface area contributed by atoms with Crippen molar-refractivity contribution in [2.24, 2.45) is 23.5 Å². The van der Waals surface area contributed by atoms with Crippen LogP contribution in [0.25, 0.3) is 0 Å². The van der Waals surface area contributed by atoms with E-state index in [4.69, 9.17) is 22.1 Å². The molecule has 0 bridgehead atoms. The van der Waals surface area contributed by atoms with Gasteiger partial charge in [0.05, 0.1) is 23.0 Å². The van der Waals surface area contributed by atoms with Crippen molar-refractivity contribution in [3.05, 3.63) is 61.8 Å². The van der Waals surface area contributed by atoms with Gasteiger partial charge in [0, 0.05) is 25.1 Å². The van der Waals surface area contributed by atoms with Gasteiger partial charge in [-0.1, -0.05) is 37.4 Å². The molecule has 2 aliphatic heterocycles. The molecular formula is C33H36ClFN4O6. The van der Waals surface area contributed by atoms with Crippen LogP contribution in [0.2, 0.25) is 5.02 Å². The lowest BCUT2D eigenvalue weighted by molar-refractivity contribution is -0.152. The SMILES string of the molecule is CC(C)CC(N)C(=O)OC(C)CN1C(=O)c2c3c(c(O)c(=O)n2C12CCC1CC#CC12)C(=O)N(Cc1ccc(F)c(Cl)c1)CC3. The molecule has 2 aromatic rings. The second-order valence-corrected chi connectivity index (χ2v) is 13.4. The van der Waals surface area contributed by atoms with Crippen LogP contribution in [0.5, 0.6) is 5.75 Å². The number of fused-ring (bicyclic) bond motifs is 6. The van der Waals surface area contributed by atoms with E-state index in [-0.39, 0.29) is 60.1 Å². The van der Waals surface area contributed by atoms with E-state index in [1.54, 1.807) is 11.8 Å². The van der Waals surface area contributed by atoms with Crippen molar-refractivity contribution in [2.75, 3.05) is 13.1 Å². The van der Waals surface area contributed by atoms with E-state index < -0.39 is 52.7 Å².